The summed E-state index contributed by atoms with van der Waals surface area (Å²) in [4.78, 5) is 22.8. The smallest absolute Gasteiger partial charge is 0.406 e. The lowest BCUT2D eigenvalue weighted by molar-refractivity contribution is -0.384. The molecule has 0 aliphatic heterocycles. The molecule has 8 nitrogen and oxygen atoms in total. The van der Waals surface area contributed by atoms with Gasteiger partial charge in [-0.05, 0) is 50.2 Å². The van der Waals surface area contributed by atoms with Gasteiger partial charge in [-0.2, -0.15) is 5.10 Å². The van der Waals surface area contributed by atoms with Gasteiger partial charge in [-0.25, -0.2) is 4.68 Å². The van der Waals surface area contributed by atoms with Crippen LogP contribution in [0.25, 0.3) is 5.69 Å². The largest absolute Gasteiger partial charge is 0.573 e. The lowest BCUT2D eigenvalue weighted by Crippen LogP contribution is -2.17. The molecular weight excluding hydrogens is 405 g/mol. The van der Waals surface area contributed by atoms with Crippen molar-refractivity contribution < 1.29 is 27.6 Å². The number of non-ortho nitro benzene ring substituents is 1. The Bertz CT molecular complexity index is 1090. The molecule has 0 aliphatic carbocycles. The summed E-state index contributed by atoms with van der Waals surface area (Å²) in [7, 11) is 0. The standard InChI is InChI=1S/C19H15F3N4O4/c1-11-17(12(2)25(24-11)14-5-7-15(8-6-14)26(28)29)23-18(27)13-3-9-16(10-4-13)30-19(20,21)22/h3-10H,1-2H3,(H,23,27). The Kier molecular flexibility index (Phi) is 5.45. The number of nitro groups is 1. The Labute approximate surface area is 168 Å². The van der Waals surface area contributed by atoms with E-state index in [-0.39, 0.29) is 11.3 Å². The first-order valence-electron chi connectivity index (χ1n) is 8.53. The molecule has 0 radical (unpaired) electrons. The summed E-state index contributed by atoms with van der Waals surface area (Å²) >= 11 is 0. The van der Waals surface area contributed by atoms with Crippen molar-refractivity contribution >= 4 is 17.3 Å². The number of aromatic nitrogens is 2. The Morgan fingerprint density at radius 3 is 2.23 bits per heavy atom. The number of hydrogen-bond donors (Lipinski definition) is 1. The Morgan fingerprint density at radius 1 is 1.10 bits per heavy atom. The van der Waals surface area contributed by atoms with Crippen LogP contribution in [0.15, 0.2) is 48.5 Å². The van der Waals surface area contributed by atoms with Gasteiger partial charge in [0, 0.05) is 17.7 Å². The normalized spacial score (nSPS) is 11.2. The van der Waals surface area contributed by atoms with Gasteiger partial charge in [0.2, 0.25) is 0 Å². The molecule has 3 rings (SSSR count). The molecule has 0 saturated carbocycles. The van der Waals surface area contributed by atoms with E-state index >= 15 is 0 Å². The fourth-order valence-corrected chi connectivity index (χ4v) is 2.78. The first-order valence-corrected chi connectivity index (χ1v) is 8.53. The van der Waals surface area contributed by atoms with Crippen molar-refractivity contribution in [1.82, 2.24) is 9.78 Å². The van der Waals surface area contributed by atoms with Crippen LogP contribution in [0.3, 0.4) is 0 Å². The van der Waals surface area contributed by atoms with E-state index in [2.05, 4.69) is 15.2 Å². The third kappa shape index (κ3) is 4.57. The number of nitrogens with zero attached hydrogens (tertiary/aromatic N) is 3. The summed E-state index contributed by atoms with van der Waals surface area (Å²) in [6, 6.07) is 10.3. The predicted molar refractivity (Wildman–Crippen MR) is 101 cm³/mol. The van der Waals surface area contributed by atoms with Crippen molar-refractivity contribution in [3.05, 3.63) is 75.6 Å². The Hall–Kier alpha value is -3.89. The minimum atomic E-state index is -4.82. The van der Waals surface area contributed by atoms with Crippen LogP contribution in [-0.2, 0) is 0 Å². The number of carbonyl (C=O) groups is 1. The summed E-state index contributed by atoms with van der Waals surface area (Å²) in [5, 5.41) is 17.8. The maximum Gasteiger partial charge on any atom is 0.573 e. The van der Waals surface area contributed by atoms with Crippen LogP contribution in [0, 0.1) is 24.0 Å². The number of carbonyl (C=O) groups excluding carboxylic acids is 1. The topological polar surface area (TPSA) is 99.3 Å². The van der Waals surface area contributed by atoms with Crippen LogP contribution < -0.4 is 10.1 Å². The van der Waals surface area contributed by atoms with Crippen molar-refractivity contribution in [3.8, 4) is 11.4 Å². The summed E-state index contributed by atoms with van der Waals surface area (Å²) in [5.74, 6) is -0.972. The second-order valence-corrected chi connectivity index (χ2v) is 6.26. The first-order chi connectivity index (χ1) is 14.0. The van der Waals surface area contributed by atoms with Crippen LogP contribution >= 0.6 is 0 Å². The molecule has 1 heterocycles. The highest BCUT2D eigenvalue weighted by atomic mass is 19.4. The predicted octanol–water partition coefficient (Wildman–Crippen LogP) is 4.55. The molecule has 30 heavy (non-hydrogen) atoms. The molecule has 0 atom stereocenters. The molecule has 1 N–H and O–H groups in total. The van der Waals surface area contributed by atoms with Crippen molar-refractivity contribution in [2.45, 2.75) is 20.2 Å². The molecule has 3 aromatic rings. The third-order valence-electron chi connectivity index (χ3n) is 4.19. The highest BCUT2D eigenvalue weighted by Gasteiger charge is 2.31. The van der Waals surface area contributed by atoms with E-state index in [4.69, 9.17) is 0 Å². The average Bonchev–Trinajstić information content (AvgIpc) is 2.95. The number of ether oxygens (including phenoxy) is 1. The number of amides is 1. The van der Waals surface area contributed by atoms with E-state index in [1.54, 1.807) is 13.8 Å². The van der Waals surface area contributed by atoms with Gasteiger partial charge in [-0.1, -0.05) is 0 Å². The summed E-state index contributed by atoms with van der Waals surface area (Å²) in [6.45, 7) is 3.38. The quantitative estimate of drug-likeness (QED) is 0.482. The zero-order chi connectivity index (χ0) is 22.1. The molecule has 0 bridgehead atoms. The average molecular weight is 420 g/mol. The van der Waals surface area contributed by atoms with E-state index in [0.717, 1.165) is 12.1 Å². The van der Waals surface area contributed by atoms with E-state index in [1.165, 1.54) is 41.1 Å². The van der Waals surface area contributed by atoms with Gasteiger partial charge in [0.15, 0.2) is 0 Å². The molecule has 0 fully saturated rings. The van der Waals surface area contributed by atoms with E-state index < -0.39 is 22.9 Å². The molecule has 1 aromatic heterocycles. The van der Waals surface area contributed by atoms with Gasteiger partial charge in [-0.3, -0.25) is 14.9 Å². The van der Waals surface area contributed by atoms with Crippen molar-refractivity contribution in [1.29, 1.82) is 0 Å². The molecule has 0 spiro atoms. The molecule has 0 unspecified atom stereocenters. The number of aryl methyl sites for hydroxylation is 1. The lowest BCUT2D eigenvalue weighted by atomic mass is 10.2. The lowest BCUT2D eigenvalue weighted by Gasteiger charge is -2.10. The number of hydrogen-bond acceptors (Lipinski definition) is 5. The third-order valence-corrected chi connectivity index (χ3v) is 4.19. The molecule has 156 valence electrons. The van der Waals surface area contributed by atoms with Crippen LogP contribution in [0.1, 0.15) is 21.7 Å². The van der Waals surface area contributed by atoms with E-state index in [9.17, 15) is 28.1 Å². The molecule has 0 saturated heterocycles. The SMILES string of the molecule is Cc1nn(-c2ccc([N+](=O)[O-])cc2)c(C)c1NC(=O)c1ccc(OC(F)(F)F)cc1. The summed E-state index contributed by atoms with van der Waals surface area (Å²) < 4.78 is 42.0. The second kappa shape index (κ2) is 7.85. The Balaban J connectivity index is 1.80. The summed E-state index contributed by atoms with van der Waals surface area (Å²) in [5.41, 5.74) is 2.13. The van der Waals surface area contributed by atoms with E-state index in [0.29, 0.717) is 22.8 Å². The van der Waals surface area contributed by atoms with Crippen molar-refractivity contribution in [2.24, 2.45) is 0 Å². The number of anilines is 1. The van der Waals surface area contributed by atoms with Gasteiger partial charge < -0.3 is 10.1 Å². The minimum Gasteiger partial charge on any atom is -0.406 e. The number of halogens is 3. The van der Waals surface area contributed by atoms with Crippen LogP contribution in [0.5, 0.6) is 5.75 Å². The van der Waals surface area contributed by atoms with Gasteiger partial charge in [-0.15, -0.1) is 13.2 Å². The maximum absolute atomic E-state index is 12.5. The van der Waals surface area contributed by atoms with Crippen LogP contribution in [0.4, 0.5) is 24.5 Å². The van der Waals surface area contributed by atoms with Crippen molar-refractivity contribution in [2.75, 3.05) is 5.32 Å². The number of benzene rings is 2. The second-order valence-electron chi connectivity index (χ2n) is 6.26. The van der Waals surface area contributed by atoms with Crippen molar-refractivity contribution in [3.63, 3.8) is 0 Å². The highest BCUT2D eigenvalue weighted by molar-refractivity contribution is 6.05. The van der Waals surface area contributed by atoms with E-state index in [1.807, 2.05) is 0 Å². The Morgan fingerprint density at radius 2 is 1.70 bits per heavy atom. The fourth-order valence-electron chi connectivity index (χ4n) is 2.78. The number of rotatable bonds is 5. The zero-order valence-corrected chi connectivity index (χ0v) is 15.7. The molecule has 2 aromatic carbocycles. The van der Waals surface area contributed by atoms with Gasteiger partial charge >= 0.3 is 6.36 Å². The fraction of sp³-hybridized carbons (Fsp3) is 0.158. The van der Waals surface area contributed by atoms with Crippen LogP contribution in [-0.4, -0.2) is 27.0 Å². The maximum atomic E-state index is 12.5. The highest BCUT2D eigenvalue weighted by Crippen LogP contribution is 2.26. The van der Waals surface area contributed by atoms with Gasteiger partial charge in [0.1, 0.15) is 5.75 Å². The van der Waals surface area contributed by atoms with Crippen LogP contribution in [0.2, 0.25) is 0 Å². The molecular formula is C19H15F3N4O4. The molecule has 0 aliphatic rings. The number of nitrogens with one attached hydrogen (secondary N) is 1. The zero-order valence-electron chi connectivity index (χ0n) is 15.7. The number of alkyl halides is 3. The van der Waals surface area contributed by atoms with Gasteiger partial charge in [0.05, 0.1) is 27.7 Å². The number of nitro benzene ring substituents is 1. The molecule has 11 heteroatoms. The minimum absolute atomic E-state index is 0.0632. The monoisotopic (exact) mass is 420 g/mol. The first kappa shape index (κ1) is 20.8. The summed E-state index contributed by atoms with van der Waals surface area (Å²) in [6.07, 6.45) is -4.82. The molecule has 1 amide bonds. The van der Waals surface area contributed by atoms with Gasteiger partial charge in [0.25, 0.3) is 11.6 Å².